The van der Waals surface area contributed by atoms with Crippen LogP contribution in [-0.4, -0.2) is 23.3 Å². The quantitative estimate of drug-likeness (QED) is 0.491. The van der Waals surface area contributed by atoms with E-state index in [4.69, 9.17) is 9.47 Å². The van der Waals surface area contributed by atoms with Crippen molar-refractivity contribution in [1.29, 1.82) is 0 Å². The van der Waals surface area contributed by atoms with Gasteiger partial charge in [-0.2, -0.15) is 0 Å². The summed E-state index contributed by atoms with van der Waals surface area (Å²) in [6.07, 6.45) is 0. The van der Waals surface area contributed by atoms with Crippen molar-refractivity contribution in [3.63, 3.8) is 0 Å². The van der Waals surface area contributed by atoms with E-state index in [0.717, 1.165) is 10.6 Å². The van der Waals surface area contributed by atoms with Crippen LogP contribution in [0.4, 0.5) is 5.69 Å². The van der Waals surface area contributed by atoms with Gasteiger partial charge in [-0.25, -0.2) is 9.78 Å². The average Bonchev–Trinajstić information content (AvgIpc) is 3.34. The van der Waals surface area contributed by atoms with Gasteiger partial charge in [0.15, 0.2) is 12.2 Å². The summed E-state index contributed by atoms with van der Waals surface area (Å²) in [5.74, 6) is -1.02. The molecule has 1 N–H and O–H groups in total. The monoisotopic (exact) mass is 406 g/mol. The number of para-hydroxylation sites is 1. The first-order chi connectivity index (χ1) is 14.1. The molecule has 1 aromatic heterocycles. The molecule has 3 aromatic rings. The lowest BCUT2D eigenvalue weighted by Crippen LogP contribution is -2.16. The molecule has 146 valence electrons. The number of carbonyl (C=O) groups is 2. The molecule has 7 heteroatoms. The minimum atomic E-state index is -0.726. The molecule has 0 atom stereocenters. The topological polar surface area (TPSA) is 77.5 Å². The molecule has 2 aromatic carbocycles. The Bertz CT molecular complexity index is 1070. The largest absolute Gasteiger partial charge is 0.470 e. The van der Waals surface area contributed by atoms with Crippen LogP contribution in [0.15, 0.2) is 71.4 Å². The van der Waals surface area contributed by atoms with Gasteiger partial charge in [-0.3, -0.25) is 4.79 Å². The van der Waals surface area contributed by atoms with Crippen LogP contribution in [0.2, 0.25) is 0 Å². The van der Waals surface area contributed by atoms with Crippen LogP contribution >= 0.6 is 11.3 Å². The summed E-state index contributed by atoms with van der Waals surface area (Å²) in [7, 11) is 0. The van der Waals surface area contributed by atoms with Crippen molar-refractivity contribution in [1.82, 2.24) is 4.98 Å². The number of ether oxygens (including phenoxy) is 2. The van der Waals surface area contributed by atoms with Gasteiger partial charge in [-0.15, -0.1) is 11.3 Å². The maximum Gasteiger partial charge on any atom is 0.347 e. The first kappa shape index (κ1) is 18.9. The second-order valence-electron chi connectivity index (χ2n) is 6.49. The Balaban J connectivity index is 1.44. The summed E-state index contributed by atoms with van der Waals surface area (Å²) in [5.41, 5.74) is 3.42. The number of aromatic nitrogens is 1. The Morgan fingerprint density at radius 1 is 1.17 bits per heavy atom. The summed E-state index contributed by atoms with van der Waals surface area (Å²) in [5, 5.41) is 5.64. The highest BCUT2D eigenvalue weighted by atomic mass is 32.1. The van der Waals surface area contributed by atoms with E-state index in [2.05, 4.69) is 10.3 Å². The molecule has 0 radical (unpaired) electrons. The van der Waals surface area contributed by atoms with Gasteiger partial charge in [0.2, 0.25) is 11.7 Å². The Kier molecular flexibility index (Phi) is 5.39. The molecular formula is C22H18N2O4S. The summed E-state index contributed by atoms with van der Waals surface area (Å²) >= 11 is 1.48. The van der Waals surface area contributed by atoms with Crippen LogP contribution in [0.3, 0.4) is 0 Å². The molecule has 1 aliphatic rings. The number of Topliss-reactive ketones (excluding diaryl/α,β-unsaturated/α-hetero) is 1. The van der Waals surface area contributed by atoms with Crippen LogP contribution in [0.1, 0.15) is 11.3 Å². The standard InChI is InChI=1S/C22H18N2O4S/c1-14-7-9-15(10-8-14)21-24-17(13-29-21)11-28-22(26)19-18(25)12-27-20(19)23-16-5-3-2-4-6-16/h2-10,13,23H,11-12H2,1H3. The maximum atomic E-state index is 12.5. The number of benzene rings is 2. The molecule has 0 amide bonds. The van der Waals surface area contributed by atoms with Crippen LogP contribution in [0.25, 0.3) is 10.6 Å². The molecule has 0 saturated carbocycles. The first-order valence-electron chi connectivity index (χ1n) is 9.01. The number of anilines is 1. The summed E-state index contributed by atoms with van der Waals surface area (Å²) < 4.78 is 10.7. The molecule has 0 spiro atoms. The zero-order chi connectivity index (χ0) is 20.2. The second-order valence-corrected chi connectivity index (χ2v) is 7.35. The molecule has 0 fully saturated rings. The lowest BCUT2D eigenvalue weighted by molar-refractivity contribution is -0.141. The predicted octanol–water partition coefficient (Wildman–Crippen LogP) is 4.08. The van der Waals surface area contributed by atoms with E-state index < -0.39 is 11.8 Å². The zero-order valence-electron chi connectivity index (χ0n) is 15.7. The number of thiazole rings is 1. The fraction of sp³-hybridized carbons (Fsp3) is 0.136. The fourth-order valence-corrected chi connectivity index (χ4v) is 3.59. The van der Waals surface area contributed by atoms with Crippen molar-refractivity contribution >= 4 is 28.8 Å². The third-order valence-electron chi connectivity index (χ3n) is 4.29. The molecule has 4 rings (SSSR count). The van der Waals surface area contributed by atoms with E-state index in [0.29, 0.717) is 11.4 Å². The van der Waals surface area contributed by atoms with Crippen LogP contribution in [-0.2, 0) is 25.7 Å². The third kappa shape index (κ3) is 4.35. The number of nitrogens with zero attached hydrogens (tertiary/aromatic N) is 1. The third-order valence-corrected chi connectivity index (χ3v) is 5.23. The molecule has 1 aliphatic heterocycles. The van der Waals surface area contributed by atoms with E-state index in [1.807, 2.05) is 66.9 Å². The average molecular weight is 406 g/mol. The predicted molar refractivity (Wildman–Crippen MR) is 110 cm³/mol. The van der Waals surface area contributed by atoms with Gasteiger partial charge in [0.05, 0.1) is 5.69 Å². The molecule has 0 bridgehead atoms. The van der Waals surface area contributed by atoms with Gasteiger partial charge >= 0.3 is 5.97 Å². The second kappa shape index (κ2) is 8.28. The van der Waals surface area contributed by atoms with E-state index >= 15 is 0 Å². The number of aryl methyl sites for hydroxylation is 1. The van der Waals surface area contributed by atoms with E-state index in [-0.39, 0.29) is 24.7 Å². The molecule has 2 heterocycles. The Labute approximate surface area is 171 Å². The SMILES string of the molecule is Cc1ccc(-c2nc(COC(=O)C3=C(Nc4ccccc4)OCC3=O)cs2)cc1. The number of nitrogens with one attached hydrogen (secondary N) is 1. The minimum Gasteiger partial charge on any atom is -0.470 e. The van der Waals surface area contributed by atoms with Gasteiger partial charge in [0.1, 0.15) is 11.6 Å². The minimum absolute atomic E-state index is 0.0173. The molecule has 29 heavy (non-hydrogen) atoms. The number of carbonyl (C=O) groups excluding carboxylic acids is 2. The number of ketones is 1. The maximum absolute atomic E-state index is 12.5. The van der Waals surface area contributed by atoms with E-state index in [1.54, 1.807) is 0 Å². The molecule has 0 aliphatic carbocycles. The highest BCUT2D eigenvalue weighted by molar-refractivity contribution is 7.13. The van der Waals surface area contributed by atoms with Crippen molar-refractivity contribution in [2.24, 2.45) is 0 Å². The lowest BCUT2D eigenvalue weighted by Gasteiger charge is -2.08. The Morgan fingerprint density at radius 3 is 2.69 bits per heavy atom. The molecule has 0 unspecified atom stereocenters. The number of hydrogen-bond acceptors (Lipinski definition) is 7. The van der Waals surface area contributed by atoms with Gasteiger partial charge in [0.25, 0.3) is 0 Å². The van der Waals surface area contributed by atoms with Crippen LogP contribution in [0, 0.1) is 6.92 Å². The smallest absolute Gasteiger partial charge is 0.347 e. The zero-order valence-corrected chi connectivity index (χ0v) is 16.5. The van der Waals surface area contributed by atoms with E-state index in [1.165, 1.54) is 16.9 Å². The fourth-order valence-electron chi connectivity index (χ4n) is 2.78. The lowest BCUT2D eigenvalue weighted by atomic mass is 10.2. The Morgan fingerprint density at radius 2 is 1.93 bits per heavy atom. The Hall–Kier alpha value is -3.45. The van der Waals surface area contributed by atoms with Crippen LogP contribution in [0.5, 0.6) is 0 Å². The highest BCUT2D eigenvalue weighted by Gasteiger charge is 2.32. The summed E-state index contributed by atoms with van der Waals surface area (Å²) in [4.78, 5) is 29.1. The van der Waals surface area contributed by atoms with Crippen molar-refractivity contribution in [2.45, 2.75) is 13.5 Å². The van der Waals surface area contributed by atoms with Gasteiger partial charge in [-0.05, 0) is 19.1 Å². The summed E-state index contributed by atoms with van der Waals surface area (Å²) in [6.45, 7) is 1.82. The van der Waals surface area contributed by atoms with Crippen molar-refractivity contribution in [2.75, 3.05) is 11.9 Å². The van der Waals surface area contributed by atoms with Crippen LogP contribution < -0.4 is 5.32 Å². The van der Waals surface area contributed by atoms with Crippen molar-refractivity contribution in [3.8, 4) is 10.6 Å². The first-order valence-corrected chi connectivity index (χ1v) is 9.89. The van der Waals surface area contributed by atoms with Gasteiger partial charge < -0.3 is 14.8 Å². The highest BCUT2D eigenvalue weighted by Crippen LogP contribution is 2.25. The van der Waals surface area contributed by atoms with E-state index in [9.17, 15) is 9.59 Å². The van der Waals surface area contributed by atoms with Crippen molar-refractivity contribution in [3.05, 3.63) is 82.7 Å². The summed E-state index contributed by atoms with van der Waals surface area (Å²) in [6, 6.07) is 17.2. The van der Waals surface area contributed by atoms with Crippen molar-refractivity contribution < 1.29 is 19.1 Å². The molecular weight excluding hydrogens is 388 g/mol. The normalized spacial score (nSPS) is 13.3. The number of esters is 1. The molecule has 6 nitrogen and oxygen atoms in total. The van der Waals surface area contributed by atoms with Gasteiger partial charge in [-0.1, -0.05) is 48.0 Å². The molecule has 0 saturated heterocycles. The number of rotatable bonds is 6. The number of hydrogen-bond donors (Lipinski definition) is 1. The van der Waals surface area contributed by atoms with Gasteiger partial charge in [0, 0.05) is 16.6 Å².